The first-order valence-corrected chi connectivity index (χ1v) is 9.58. The Balaban J connectivity index is 1.72. The fourth-order valence-corrected chi connectivity index (χ4v) is 3.79. The molecule has 1 aromatic heterocycles. The van der Waals surface area contributed by atoms with Crippen LogP contribution in [-0.4, -0.2) is 17.5 Å². The molecule has 7 heteroatoms. The Morgan fingerprint density at radius 2 is 2.04 bits per heavy atom. The summed E-state index contributed by atoms with van der Waals surface area (Å²) in [7, 11) is 0. The second-order valence-corrected chi connectivity index (χ2v) is 7.83. The highest BCUT2D eigenvalue weighted by atomic mass is 35.5. The van der Waals surface area contributed by atoms with Crippen molar-refractivity contribution in [3.05, 3.63) is 62.4 Å². The predicted molar refractivity (Wildman–Crippen MR) is 105 cm³/mol. The van der Waals surface area contributed by atoms with Crippen LogP contribution in [-0.2, 0) is 11.3 Å². The molecule has 1 aliphatic heterocycles. The Bertz CT molecular complexity index is 1000. The molecule has 0 aliphatic carbocycles. The molecule has 0 saturated carbocycles. The van der Waals surface area contributed by atoms with Gasteiger partial charge in [-0.15, -0.1) is 11.3 Å². The Morgan fingerprint density at radius 1 is 1.19 bits per heavy atom. The Morgan fingerprint density at radius 3 is 2.77 bits per heavy atom. The first-order chi connectivity index (χ1) is 12.5. The minimum atomic E-state index is -0.102. The first-order valence-electron chi connectivity index (χ1n) is 7.95. The van der Waals surface area contributed by atoms with Crippen molar-refractivity contribution >= 4 is 46.1 Å². The Kier molecular flexibility index (Phi) is 4.61. The summed E-state index contributed by atoms with van der Waals surface area (Å²) in [5.74, 6) is 0.579. The molecule has 0 radical (unpaired) electrons. The second kappa shape index (κ2) is 6.91. The van der Waals surface area contributed by atoms with Gasteiger partial charge in [0.2, 0.25) is 0 Å². The topological polar surface area (TPSA) is 42.4 Å². The standard InChI is InChI=1S/C19H14Cl2N2O2S/c1-11-22-16(10-26-11)13-3-5-18-17(7-13)23(19(24)9-25-18)8-12-2-4-14(20)15(21)6-12/h2-7,10H,8-9H2,1H3. The van der Waals surface area contributed by atoms with Crippen molar-refractivity contribution in [1.29, 1.82) is 0 Å². The molecule has 0 atom stereocenters. The molecule has 0 bridgehead atoms. The van der Waals surface area contributed by atoms with Gasteiger partial charge in [-0.3, -0.25) is 4.79 Å². The number of halogens is 2. The highest BCUT2D eigenvalue weighted by Crippen LogP contribution is 2.37. The van der Waals surface area contributed by atoms with E-state index in [1.165, 1.54) is 0 Å². The zero-order chi connectivity index (χ0) is 18.3. The minimum Gasteiger partial charge on any atom is -0.482 e. The number of carbonyl (C=O) groups is 1. The smallest absolute Gasteiger partial charge is 0.265 e. The summed E-state index contributed by atoms with van der Waals surface area (Å²) in [6.07, 6.45) is 0. The number of ether oxygens (including phenoxy) is 1. The summed E-state index contributed by atoms with van der Waals surface area (Å²) in [6.45, 7) is 2.38. The monoisotopic (exact) mass is 404 g/mol. The maximum atomic E-state index is 12.5. The van der Waals surface area contributed by atoms with Crippen LogP contribution < -0.4 is 9.64 Å². The summed E-state index contributed by atoms with van der Waals surface area (Å²) in [6, 6.07) is 11.2. The predicted octanol–water partition coefficient (Wildman–Crippen LogP) is 5.35. The van der Waals surface area contributed by atoms with E-state index < -0.39 is 0 Å². The molecule has 2 aromatic carbocycles. The van der Waals surface area contributed by atoms with Crippen LogP contribution in [0.5, 0.6) is 5.75 Å². The van der Waals surface area contributed by atoms with Crippen LogP contribution in [0.1, 0.15) is 10.6 Å². The maximum Gasteiger partial charge on any atom is 0.265 e. The van der Waals surface area contributed by atoms with Gasteiger partial charge in [0.15, 0.2) is 6.61 Å². The summed E-state index contributed by atoms with van der Waals surface area (Å²) in [5.41, 5.74) is 3.47. The number of rotatable bonds is 3. The number of nitrogens with zero attached hydrogens (tertiary/aromatic N) is 2. The lowest BCUT2D eigenvalue weighted by molar-refractivity contribution is -0.121. The van der Waals surface area contributed by atoms with E-state index >= 15 is 0 Å². The summed E-state index contributed by atoms with van der Waals surface area (Å²) >= 11 is 13.7. The lowest BCUT2D eigenvalue weighted by atomic mass is 10.1. The van der Waals surface area contributed by atoms with Gasteiger partial charge < -0.3 is 9.64 Å². The number of hydrogen-bond acceptors (Lipinski definition) is 4. The number of hydrogen-bond donors (Lipinski definition) is 0. The number of aromatic nitrogens is 1. The van der Waals surface area contributed by atoms with Crippen molar-refractivity contribution < 1.29 is 9.53 Å². The van der Waals surface area contributed by atoms with Crippen LogP contribution in [0.2, 0.25) is 10.0 Å². The van der Waals surface area contributed by atoms with Crippen LogP contribution in [0.4, 0.5) is 5.69 Å². The van der Waals surface area contributed by atoms with Crippen LogP contribution in [0.15, 0.2) is 41.8 Å². The maximum absolute atomic E-state index is 12.5. The fraction of sp³-hybridized carbons (Fsp3) is 0.158. The van der Waals surface area contributed by atoms with Crippen LogP contribution in [0.3, 0.4) is 0 Å². The normalized spacial score (nSPS) is 13.5. The Labute approximate surface area is 165 Å². The number of fused-ring (bicyclic) bond motifs is 1. The van der Waals surface area contributed by atoms with Crippen LogP contribution in [0.25, 0.3) is 11.3 Å². The number of aryl methyl sites for hydroxylation is 1. The molecule has 2 heterocycles. The first kappa shape index (κ1) is 17.3. The molecule has 1 amide bonds. The van der Waals surface area contributed by atoms with Crippen LogP contribution >= 0.6 is 34.5 Å². The van der Waals surface area contributed by atoms with E-state index in [-0.39, 0.29) is 12.5 Å². The van der Waals surface area contributed by atoms with Gasteiger partial charge in [-0.2, -0.15) is 0 Å². The molecule has 26 heavy (non-hydrogen) atoms. The van der Waals surface area contributed by atoms with E-state index in [4.69, 9.17) is 27.9 Å². The van der Waals surface area contributed by atoms with Gasteiger partial charge in [0.25, 0.3) is 5.91 Å². The summed E-state index contributed by atoms with van der Waals surface area (Å²) in [4.78, 5) is 18.7. The number of thiazole rings is 1. The summed E-state index contributed by atoms with van der Waals surface area (Å²) in [5, 5.41) is 3.96. The average molecular weight is 405 g/mol. The highest BCUT2D eigenvalue weighted by molar-refractivity contribution is 7.09. The summed E-state index contributed by atoms with van der Waals surface area (Å²) < 4.78 is 5.59. The molecule has 3 aromatic rings. The van der Waals surface area contributed by atoms with E-state index in [0.717, 1.165) is 27.5 Å². The number of benzene rings is 2. The number of anilines is 1. The lowest BCUT2D eigenvalue weighted by Crippen LogP contribution is -2.38. The largest absolute Gasteiger partial charge is 0.482 e. The second-order valence-electron chi connectivity index (χ2n) is 5.95. The third-order valence-corrected chi connectivity index (χ3v) is 5.65. The van der Waals surface area contributed by atoms with Crippen molar-refractivity contribution in [2.24, 2.45) is 0 Å². The van der Waals surface area contributed by atoms with Crippen molar-refractivity contribution in [1.82, 2.24) is 4.98 Å². The van der Waals surface area contributed by atoms with Crippen molar-refractivity contribution in [3.63, 3.8) is 0 Å². The van der Waals surface area contributed by atoms with E-state index in [1.54, 1.807) is 28.4 Å². The van der Waals surface area contributed by atoms with E-state index in [1.807, 2.05) is 36.6 Å². The average Bonchev–Trinajstić information content (AvgIpc) is 3.06. The minimum absolute atomic E-state index is 0.0173. The zero-order valence-electron chi connectivity index (χ0n) is 13.8. The number of amides is 1. The van der Waals surface area contributed by atoms with Gasteiger partial charge >= 0.3 is 0 Å². The zero-order valence-corrected chi connectivity index (χ0v) is 16.2. The Hall–Kier alpha value is -2.08. The molecule has 0 saturated heterocycles. The third kappa shape index (κ3) is 3.30. The van der Waals surface area contributed by atoms with Gasteiger partial charge in [-0.1, -0.05) is 29.3 Å². The van der Waals surface area contributed by atoms with Gasteiger partial charge in [-0.25, -0.2) is 4.98 Å². The van der Waals surface area contributed by atoms with Gasteiger partial charge in [0, 0.05) is 10.9 Å². The molecule has 1 aliphatic rings. The van der Waals surface area contributed by atoms with Crippen molar-refractivity contribution in [2.75, 3.05) is 11.5 Å². The molecule has 0 spiro atoms. The molecular formula is C19H14Cl2N2O2S. The van der Waals surface area contributed by atoms with E-state index in [9.17, 15) is 4.79 Å². The molecule has 132 valence electrons. The van der Waals surface area contributed by atoms with Crippen molar-refractivity contribution in [3.8, 4) is 17.0 Å². The molecule has 0 unspecified atom stereocenters. The van der Waals surface area contributed by atoms with Gasteiger partial charge in [0.1, 0.15) is 5.75 Å². The highest BCUT2D eigenvalue weighted by Gasteiger charge is 2.26. The third-order valence-electron chi connectivity index (χ3n) is 4.14. The van der Waals surface area contributed by atoms with E-state index in [2.05, 4.69) is 4.98 Å². The quantitative estimate of drug-likeness (QED) is 0.590. The SMILES string of the molecule is Cc1nc(-c2ccc3c(c2)N(Cc2ccc(Cl)c(Cl)c2)C(=O)CO3)cs1. The van der Waals surface area contributed by atoms with Gasteiger partial charge in [0.05, 0.1) is 33.0 Å². The van der Waals surface area contributed by atoms with Crippen molar-refractivity contribution in [2.45, 2.75) is 13.5 Å². The van der Waals surface area contributed by atoms with Gasteiger partial charge in [-0.05, 0) is 42.8 Å². The molecular weight excluding hydrogens is 391 g/mol. The molecule has 0 fully saturated rings. The fourth-order valence-electron chi connectivity index (χ4n) is 2.85. The molecule has 4 rings (SSSR count). The van der Waals surface area contributed by atoms with Crippen LogP contribution in [0, 0.1) is 6.92 Å². The van der Waals surface area contributed by atoms with E-state index in [0.29, 0.717) is 22.3 Å². The molecule has 0 N–H and O–H groups in total. The number of carbonyl (C=O) groups excluding carboxylic acids is 1. The molecule has 4 nitrogen and oxygen atoms in total. The lowest BCUT2D eigenvalue weighted by Gasteiger charge is -2.30.